The molecular formula is C9H11BrO. The third-order valence-corrected chi connectivity index (χ3v) is 2.36. The van der Waals surface area contributed by atoms with Crippen molar-refractivity contribution < 1.29 is 4.79 Å². The van der Waals surface area contributed by atoms with Crippen LogP contribution in [0.5, 0.6) is 0 Å². The van der Waals surface area contributed by atoms with Crippen LogP contribution in [-0.2, 0) is 4.79 Å². The molecule has 0 spiro atoms. The second-order valence-electron chi connectivity index (χ2n) is 2.69. The molecule has 1 rings (SSSR count). The summed E-state index contributed by atoms with van der Waals surface area (Å²) in [7, 11) is 0. The fourth-order valence-electron chi connectivity index (χ4n) is 1.18. The van der Waals surface area contributed by atoms with Gasteiger partial charge in [-0.05, 0) is 19.8 Å². The number of alkyl halides is 1. The first-order chi connectivity index (χ1) is 5.25. The number of rotatable bonds is 2. The van der Waals surface area contributed by atoms with E-state index in [9.17, 15) is 4.79 Å². The van der Waals surface area contributed by atoms with Crippen molar-refractivity contribution in [1.29, 1.82) is 0 Å². The van der Waals surface area contributed by atoms with Crippen LogP contribution in [0.2, 0.25) is 0 Å². The van der Waals surface area contributed by atoms with Gasteiger partial charge >= 0.3 is 0 Å². The van der Waals surface area contributed by atoms with Gasteiger partial charge in [-0.1, -0.05) is 33.7 Å². The van der Waals surface area contributed by atoms with E-state index in [2.05, 4.69) is 22.0 Å². The van der Waals surface area contributed by atoms with E-state index in [1.165, 1.54) is 5.57 Å². The Hall–Kier alpha value is -0.370. The van der Waals surface area contributed by atoms with Crippen LogP contribution in [0.25, 0.3) is 0 Å². The Labute approximate surface area is 75.3 Å². The van der Waals surface area contributed by atoms with Gasteiger partial charge in [-0.3, -0.25) is 4.79 Å². The first kappa shape index (κ1) is 8.72. The summed E-state index contributed by atoms with van der Waals surface area (Å²) in [6.45, 7) is 2.03. The van der Waals surface area contributed by atoms with Crippen LogP contribution in [-0.4, -0.2) is 11.1 Å². The van der Waals surface area contributed by atoms with E-state index in [1.807, 2.05) is 13.0 Å². The normalized spacial score (nSPS) is 17.3. The van der Waals surface area contributed by atoms with Crippen LogP contribution in [0.15, 0.2) is 23.3 Å². The molecule has 60 valence electrons. The molecule has 0 amide bonds. The minimum atomic E-state index is 0.193. The molecule has 0 aromatic heterocycles. The molecule has 0 radical (unpaired) electrons. The average Bonchev–Trinajstić information content (AvgIpc) is 2.04. The lowest BCUT2D eigenvalue weighted by molar-refractivity contribution is -0.112. The van der Waals surface area contributed by atoms with E-state index in [4.69, 9.17) is 0 Å². The maximum absolute atomic E-state index is 11.2. The summed E-state index contributed by atoms with van der Waals surface area (Å²) in [6.07, 6.45) is 6.10. The standard InChI is InChI=1S/C9H11BrO/c1-7-4-2-3-5-8(7)9(11)6-10/h3,5H,2,4,6H2,1H3. The molecule has 0 heterocycles. The first-order valence-corrected chi connectivity index (χ1v) is 4.83. The van der Waals surface area contributed by atoms with Gasteiger partial charge in [0.15, 0.2) is 5.78 Å². The highest BCUT2D eigenvalue weighted by molar-refractivity contribution is 9.09. The van der Waals surface area contributed by atoms with Gasteiger partial charge in [0, 0.05) is 5.57 Å². The van der Waals surface area contributed by atoms with Crippen molar-refractivity contribution in [2.24, 2.45) is 0 Å². The quantitative estimate of drug-likeness (QED) is 0.647. The van der Waals surface area contributed by atoms with Crippen LogP contribution >= 0.6 is 15.9 Å². The molecule has 2 heteroatoms. The molecule has 0 aromatic rings. The lowest BCUT2D eigenvalue weighted by Crippen LogP contribution is -2.06. The third-order valence-electron chi connectivity index (χ3n) is 1.85. The molecule has 1 aliphatic carbocycles. The van der Waals surface area contributed by atoms with Crippen molar-refractivity contribution in [1.82, 2.24) is 0 Å². The second kappa shape index (κ2) is 3.86. The molecule has 11 heavy (non-hydrogen) atoms. The summed E-state index contributed by atoms with van der Waals surface area (Å²) in [4.78, 5) is 11.2. The molecule has 0 aromatic carbocycles. The van der Waals surface area contributed by atoms with Gasteiger partial charge in [-0.25, -0.2) is 0 Å². The number of ketones is 1. The van der Waals surface area contributed by atoms with Gasteiger partial charge in [0.1, 0.15) is 0 Å². The zero-order valence-corrected chi connectivity index (χ0v) is 8.15. The van der Waals surface area contributed by atoms with Crippen LogP contribution in [0.4, 0.5) is 0 Å². The summed E-state index contributed by atoms with van der Waals surface area (Å²) in [6, 6.07) is 0. The number of hydrogen-bond acceptors (Lipinski definition) is 1. The van der Waals surface area contributed by atoms with E-state index < -0.39 is 0 Å². The molecule has 1 nitrogen and oxygen atoms in total. The predicted molar refractivity (Wildman–Crippen MR) is 49.9 cm³/mol. The fraction of sp³-hybridized carbons (Fsp3) is 0.444. The van der Waals surface area contributed by atoms with Gasteiger partial charge in [-0.15, -0.1) is 0 Å². The highest BCUT2D eigenvalue weighted by Gasteiger charge is 2.10. The lowest BCUT2D eigenvalue weighted by Gasteiger charge is -2.09. The highest BCUT2D eigenvalue weighted by atomic mass is 79.9. The molecule has 0 bridgehead atoms. The number of allylic oxidation sites excluding steroid dienone is 4. The van der Waals surface area contributed by atoms with Gasteiger partial charge in [0.2, 0.25) is 0 Å². The lowest BCUT2D eigenvalue weighted by atomic mass is 9.97. The largest absolute Gasteiger partial charge is 0.293 e. The Morgan fingerprint density at radius 3 is 3.00 bits per heavy atom. The predicted octanol–water partition coefficient (Wildman–Crippen LogP) is 2.62. The maximum Gasteiger partial charge on any atom is 0.173 e. The Morgan fingerprint density at radius 2 is 2.45 bits per heavy atom. The molecule has 0 saturated carbocycles. The summed E-state index contributed by atoms with van der Waals surface area (Å²) in [5.41, 5.74) is 2.12. The fourth-order valence-corrected chi connectivity index (χ4v) is 1.48. The average molecular weight is 215 g/mol. The van der Waals surface area contributed by atoms with Crippen LogP contribution < -0.4 is 0 Å². The van der Waals surface area contributed by atoms with Gasteiger partial charge < -0.3 is 0 Å². The summed E-state index contributed by atoms with van der Waals surface area (Å²) >= 11 is 3.16. The van der Waals surface area contributed by atoms with Gasteiger partial charge in [0.05, 0.1) is 5.33 Å². The second-order valence-corrected chi connectivity index (χ2v) is 3.25. The topological polar surface area (TPSA) is 17.1 Å². The smallest absolute Gasteiger partial charge is 0.173 e. The number of hydrogen-bond donors (Lipinski definition) is 0. The maximum atomic E-state index is 11.2. The Morgan fingerprint density at radius 1 is 1.73 bits per heavy atom. The molecule has 0 fully saturated rings. The van der Waals surface area contributed by atoms with Crippen molar-refractivity contribution in [2.75, 3.05) is 5.33 Å². The molecular weight excluding hydrogens is 204 g/mol. The number of Topliss-reactive ketones (excluding diaryl/α,β-unsaturated/α-hetero) is 1. The van der Waals surface area contributed by atoms with Crippen LogP contribution in [0, 0.1) is 0 Å². The van der Waals surface area contributed by atoms with Gasteiger partial charge in [-0.2, -0.15) is 0 Å². The Balaban J connectivity index is 2.83. The molecule has 0 unspecified atom stereocenters. The SMILES string of the molecule is CC1=C(C(=O)CBr)C=CCC1. The highest BCUT2D eigenvalue weighted by Crippen LogP contribution is 2.19. The zero-order chi connectivity index (χ0) is 8.27. The van der Waals surface area contributed by atoms with Gasteiger partial charge in [0.25, 0.3) is 0 Å². The van der Waals surface area contributed by atoms with E-state index in [0.29, 0.717) is 5.33 Å². The number of halogens is 1. The molecule has 1 aliphatic rings. The van der Waals surface area contributed by atoms with Crippen LogP contribution in [0.3, 0.4) is 0 Å². The minimum absolute atomic E-state index is 0.193. The molecule has 0 aliphatic heterocycles. The summed E-state index contributed by atoms with van der Waals surface area (Å²) < 4.78 is 0. The minimum Gasteiger partial charge on any atom is -0.293 e. The van der Waals surface area contributed by atoms with Crippen molar-refractivity contribution >= 4 is 21.7 Å². The molecule has 0 saturated heterocycles. The zero-order valence-electron chi connectivity index (χ0n) is 6.56. The molecule has 0 atom stereocenters. The Bertz CT molecular complexity index is 226. The monoisotopic (exact) mass is 214 g/mol. The number of carbonyl (C=O) groups is 1. The van der Waals surface area contributed by atoms with Crippen molar-refractivity contribution in [3.63, 3.8) is 0 Å². The van der Waals surface area contributed by atoms with E-state index in [0.717, 1.165) is 18.4 Å². The Kier molecular flexibility index (Phi) is 3.06. The van der Waals surface area contributed by atoms with Crippen molar-refractivity contribution in [3.05, 3.63) is 23.3 Å². The first-order valence-electron chi connectivity index (χ1n) is 3.71. The van der Waals surface area contributed by atoms with E-state index in [1.54, 1.807) is 0 Å². The number of carbonyl (C=O) groups excluding carboxylic acids is 1. The third kappa shape index (κ3) is 2.03. The van der Waals surface area contributed by atoms with E-state index in [-0.39, 0.29) is 5.78 Å². The summed E-state index contributed by atoms with van der Waals surface area (Å²) in [5, 5.41) is 0.435. The summed E-state index contributed by atoms with van der Waals surface area (Å²) in [5.74, 6) is 0.193. The van der Waals surface area contributed by atoms with Crippen molar-refractivity contribution in [3.8, 4) is 0 Å². The van der Waals surface area contributed by atoms with Crippen LogP contribution in [0.1, 0.15) is 19.8 Å². The van der Waals surface area contributed by atoms with E-state index >= 15 is 0 Å². The van der Waals surface area contributed by atoms with Crippen molar-refractivity contribution in [2.45, 2.75) is 19.8 Å². The molecule has 0 N–H and O–H groups in total.